The predicted molar refractivity (Wildman–Crippen MR) is 151 cm³/mol. The quantitative estimate of drug-likeness (QED) is 0.344. The second-order valence-electron chi connectivity index (χ2n) is 9.22. The van der Waals surface area contributed by atoms with E-state index >= 15 is 0 Å². The monoisotopic (exact) mass is 502 g/mol. The molecule has 1 fully saturated rings. The number of ether oxygens (including phenoxy) is 1. The third-order valence-corrected chi connectivity index (χ3v) is 6.93. The van der Waals surface area contributed by atoms with E-state index in [9.17, 15) is 0 Å². The second-order valence-corrected chi connectivity index (χ2v) is 9.22. The average Bonchev–Trinajstić information content (AvgIpc) is 3.39. The van der Waals surface area contributed by atoms with Crippen molar-refractivity contribution in [2.75, 3.05) is 65.1 Å². The van der Waals surface area contributed by atoms with Gasteiger partial charge in [-0.05, 0) is 44.1 Å². The maximum absolute atomic E-state index is 7.72. The SMILES string of the molecule is CNC1=CC(Nc2cc(-c3ccc(NC)c(C=N)c3)ncn2)=C(OC)CC=C1N(C)CCN1CCCC1. The third kappa shape index (κ3) is 6.29. The topological polar surface area (TPSA) is 101 Å². The summed E-state index contributed by atoms with van der Waals surface area (Å²) in [4.78, 5) is 13.8. The predicted octanol–water partition coefficient (Wildman–Crippen LogP) is 3.87. The highest BCUT2D eigenvalue weighted by Gasteiger charge is 2.19. The molecule has 1 saturated heterocycles. The highest BCUT2D eigenvalue weighted by atomic mass is 16.5. The molecule has 2 heterocycles. The van der Waals surface area contributed by atoms with Gasteiger partial charge in [-0.2, -0.15) is 0 Å². The van der Waals surface area contributed by atoms with Crippen LogP contribution < -0.4 is 16.0 Å². The summed E-state index contributed by atoms with van der Waals surface area (Å²) in [6.45, 7) is 4.44. The van der Waals surface area contributed by atoms with Crippen LogP contribution in [-0.4, -0.2) is 80.4 Å². The molecule has 9 nitrogen and oxygen atoms in total. The Morgan fingerprint density at radius 3 is 2.65 bits per heavy atom. The summed E-state index contributed by atoms with van der Waals surface area (Å²) in [5.74, 6) is 1.50. The molecule has 9 heteroatoms. The summed E-state index contributed by atoms with van der Waals surface area (Å²) in [5, 5.41) is 17.7. The zero-order valence-electron chi connectivity index (χ0n) is 22.3. The highest BCUT2D eigenvalue weighted by Crippen LogP contribution is 2.27. The van der Waals surface area contributed by atoms with E-state index in [2.05, 4.69) is 54.9 Å². The van der Waals surface area contributed by atoms with Crippen LogP contribution in [0, 0.1) is 5.41 Å². The van der Waals surface area contributed by atoms with Crippen LogP contribution in [0.2, 0.25) is 0 Å². The van der Waals surface area contributed by atoms with Crippen molar-refractivity contribution in [2.45, 2.75) is 19.3 Å². The molecule has 0 radical (unpaired) electrons. The largest absolute Gasteiger partial charge is 0.499 e. The van der Waals surface area contributed by atoms with Crippen LogP contribution in [0.5, 0.6) is 0 Å². The smallest absolute Gasteiger partial charge is 0.134 e. The van der Waals surface area contributed by atoms with Crippen LogP contribution in [0.25, 0.3) is 11.3 Å². The molecule has 0 amide bonds. The van der Waals surface area contributed by atoms with Crippen LogP contribution in [0.1, 0.15) is 24.8 Å². The van der Waals surface area contributed by atoms with Crippen molar-refractivity contribution < 1.29 is 4.74 Å². The Kier molecular flexibility index (Phi) is 8.79. The number of nitrogens with zero attached hydrogens (tertiary/aromatic N) is 4. The molecular weight excluding hydrogens is 464 g/mol. The number of rotatable bonds is 11. The van der Waals surface area contributed by atoms with Gasteiger partial charge in [0.2, 0.25) is 0 Å². The van der Waals surface area contributed by atoms with Crippen LogP contribution >= 0.6 is 0 Å². The molecule has 1 aliphatic carbocycles. The number of nitrogens with one attached hydrogen (secondary N) is 4. The second kappa shape index (κ2) is 12.4. The Morgan fingerprint density at radius 2 is 1.95 bits per heavy atom. The molecule has 1 aromatic carbocycles. The fourth-order valence-corrected chi connectivity index (χ4v) is 4.78. The molecule has 4 N–H and O–H groups in total. The number of likely N-dealkylation sites (N-methyl/N-ethyl adjacent to an activating group) is 2. The van der Waals surface area contributed by atoms with Gasteiger partial charge < -0.3 is 35.9 Å². The number of hydrogen-bond donors (Lipinski definition) is 4. The lowest BCUT2D eigenvalue weighted by atomic mass is 10.1. The van der Waals surface area contributed by atoms with Gasteiger partial charge in [-0.15, -0.1) is 0 Å². The van der Waals surface area contributed by atoms with E-state index in [0.29, 0.717) is 12.2 Å². The number of aromatic nitrogens is 2. The van der Waals surface area contributed by atoms with Gasteiger partial charge in [0.1, 0.15) is 17.9 Å². The van der Waals surface area contributed by atoms with E-state index in [4.69, 9.17) is 10.1 Å². The molecular formula is C28H38N8O. The molecule has 2 aliphatic rings. The van der Waals surface area contributed by atoms with E-state index in [0.717, 1.165) is 58.4 Å². The summed E-state index contributed by atoms with van der Waals surface area (Å²) in [6, 6.07) is 7.81. The normalized spacial score (nSPS) is 16.0. The van der Waals surface area contributed by atoms with Gasteiger partial charge >= 0.3 is 0 Å². The Labute approximate surface area is 219 Å². The molecule has 2 aromatic rings. The number of hydrogen-bond acceptors (Lipinski definition) is 9. The first kappa shape index (κ1) is 26.2. The molecule has 0 spiro atoms. The minimum absolute atomic E-state index is 0.663. The van der Waals surface area contributed by atoms with E-state index in [-0.39, 0.29) is 0 Å². The molecule has 0 bridgehead atoms. The summed E-state index contributed by atoms with van der Waals surface area (Å²) >= 11 is 0. The zero-order chi connectivity index (χ0) is 26.2. The molecule has 4 rings (SSSR count). The summed E-state index contributed by atoms with van der Waals surface area (Å²) in [6.07, 6.45) is 10.5. The van der Waals surface area contributed by atoms with Gasteiger partial charge in [0, 0.05) is 69.7 Å². The fourth-order valence-electron chi connectivity index (χ4n) is 4.78. The van der Waals surface area contributed by atoms with Crippen LogP contribution in [0.4, 0.5) is 11.5 Å². The van der Waals surface area contributed by atoms with Crippen molar-refractivity contribution in [1.82, 2.24) is 25.1 Å². The molecule has 1 aromatic heterocycles. The first-order valence-electron chi connectivity index (χ1n) is 12.8. The van der Waals surface area contributed by atoms with E-state index in [1.54, 1.807) is 13.4 Å². The number of benzene rings is 1. The zero-order valence-corrected chi connectivity index (χ0v) is 22.3. The first-order valence-corrected chi connectivity index (χ1v) is 12.8. The maximum atomic E-state index is 7.72. The first-order chi connectivity index (χ1) is 18.1. The van der Waals surface area contributed by atoms with Crippen LogP contribution in [-0.2, 0) is 4.74 Å². The van der Waals surface area contributed by atoms with Crippen molar-refractivity contribution in [3.8, 4) is 11.3 Å². The van der Waals surface area contributed by atoms with Crippen molar-refractivity contribution in [3.63, 3.8) is 0 Å². The molecule has 0 saturated carbocycles. The molecule has 0 atom stereocenters. The van der Waals surface area contributed by atoms with E-state index in [1.165, 1.54) is 32.1 Å². The number of allylic oxidation sites excluding steroid dienone is 2. The van der Waals surface area contributed by atoms with Gasteiger partial charge in [-0.25, -0.2) is 9.97 Å². The average molecular weight is 503 g/mol. The van der Waals surface area contributed by atoms with Crippen molar-refractivity contribution >= 4 is 17.7 Å². The molecule has 0 unspecified atom stereocenters. The van der Waals surface area contributed by atoms with Crippen molar-refractivity contribution in [2.24, 2.45) is 0 Å². The minimum atomic E-state index is 0.663. The Hall–Kier alpha value is -3.85. The third-order valence-electron chi connectivity index (χ3n) is 6.93. The minimum Gasteiger partial charge on any atom is -0.499 e. The van der Waals surface area contributed by atoms with Gasteiger partial charge in [0.15, 0.2) is 0 Å². The van der Waals surface area contributed by atoms with Crippen LogP contribution in [0.15, 0.2) is 65.6 Å². The maximum Gasteiger partial charge on any atom is 0.134 e. The highest BCUT2D eigenvalue weighted by molar-refractivity contribution is 5.88. The summed E-state index contributed by atoms with van der Waals surface area (Å²) in [7, 11) is 7.65. The summed E-state index contributed by atoms with van der Waals surface area (Å²) < 4.78 is 5.79. The Balaban J connectivity index is 1.55. The Bertz CT molecular complexity index is 1200. The molecule has 1 aliphatic heterocycles. The fraction of sp³-hybridized carbons (Fsp3) is 0.393. The van der Waals surface area contributed by atoms with E-state index < -0.39 is 0 Å². The summed E-state index contributed by atoms with van der Waals surface area (Å²) in [5.41, 5.74) is 6.41. The van der Waals surface area contributed by atoms with Crippen molar-refractivity contribution in [1.29, 1.82) is 5.41 Å². The molecule has 196 valence electrons. The number of anilines is 2. The van der Waals surface area contributed by atoms with E-state index in [1.807, 2.05) is 38.4 Å². The lowest BCUT2D eigenvalue weighted by molar-refractivity contribution is 0.279. The standard InChI is InChI=1S/C28H38N8O/c1-30-22-8-7-20(15-21(22)18-29)23-17-28(33-19-32-23)34-25-16-24(31-2)26(9-10-27(25)37-4)35(3)13-14-36-11-5-6-12-36/h7-9,15-19,29-31H,5-6,10-14H2,1-4H3,(H,32,33,34). The van der Waals surface area contributed by atoms with Gasteiger partial charge in [0.25, 0.3) is 0 Å². The van der Waals surface area contributed by atoms with Gasteiger partial charge in [-0.1, -0.05) is 12.1 Å². The lowest BCUT2D eigenvalue weighted by Gasteiger charge is -2.27. The Morgan fingerprint density at radius 1 is 1.14 bits per heavy atom. The lowest BCUT2D eigenvalue weighted by Crippen LogP contribution is -2.32. The van der Waals surface area contributed by atoms with Crippen LogP contribution in [0.3, 0.4) is 0 Å². The number of likely N-dealkylation sites (tertiary alicyclic amines) is 1. The van der Waals surface area contributed by atoms with Gasteiger partial charge in [0.05, 0.1) is 29.9 Å². The number of methoxy groups -OCH3 is 1. The van der Waals surface area contributed by atoms with Gasteiger partial charge in [-0.3, -0.25) is 0 Å². The molecule has 37 heavy (non-hydrogen) atoms. The van der Waals surface area contributed by atoms with Crippen molar-refractivity contribution in [3.05, 3.63) is 71.2 Å².